The second-order valence-corrected chi connectivity index (χ2v) is 8.85. The zero-order chi connectivity index (χ0) is 27.2. The summed E-state index contributed by atoms with van der Waals surface area (Å²) in [6.07, 6.45) is 3.16. The normalized spacial score (nSPS) is 11.0. The van der Waals surface area contributed by atoms with Crippen molar-refractivity contribution in [3.05, 3.63) is 131 Å². The fourth-order valence-electron chi connectivity index (χ4n) is 4.15. The molecule has 4 aromatic carbocycles. The minimum atomic E-state index is -0.540. The van der Waals surface area contributed by atoms with Gasteiger partial charge in [-0.3, -0.25) is 4.79 Å². The van der Waals surface area contributed by atoms with Crippen LogP contribution in [0.1, 0.15) is 37.6 Å². The second kappa shape index (κ2) is 11.5. The molecule has 6 heteroatoms. The Labute approximate surface area is 226 Å². The molecule has 0 aliphatic rings. The first-order chi connectivity index (χ1) is 19.0. The van der Waals surface area contributed by atoms with Crippen LogP contribution in [-0.4, -0.2) is 18.9 Å². The number of ether oxygens (including phenoxy) is 3. The lowest BCUT2D eigenvalue weighted by atomic mass is 10.1. The van der Waals surface area contributed by atoms with Gasteiger partial charge in [-0.15, -0.1) is 0 Å². The fraction of sp³-hybridized carbons (Fsp3) is 0.0909. The number of carbonyl (C=O) groups is 2. The summed E-state index contributed by atoms with van der Waals surface area (Å²) < 4.78 is 22.6. The summed E-state index contributed by atoms with van der Waals surface area (Å²) in [4.78, 5) is 25.7. The molecule has 5 aromatic rings. The highest BCUT2D eigenvalue weighted by molar-refractivity contribution is 6.07. The van der Waals surface area contributed by atoms with Crippen LogP contribution in [0.5, 0.6) is 17.2 Å². The molecule has 1 heterocycles. The second-order valence-electron chi connectivity index (χ2n) is 8.85. The van der Waals surface area contributed by atoms with Crippen LogP contribution in [0.4, 0.5) is 0 Å². The third-order valence-electron chi connectivity index (χ3n) is 6.16. The number of benzene rings is 4. The van der Waals surface area contributed by atoms with E-state index >= 15 is 0 Å². The van der Waals surface area contributed by atoms with Crippen LogP contribution in [0, 0.1) is 6.92 Å². The Hall–Kier alpha value is -5.10. The highest BCUT2D eigenvalue weighted by atomic mass is 16.5. The molecule has 0 saturated heterocycles. The largest absolute Gasteiger partial charge is 0.497 e. The molecule has 39 heavy (non-hydrogen) atoms. The summed E-state index contributed by atoms with van der Waals surface area (Å²) in [7, 11) is 1.58. The Bertz CT molecular complexity index is 1650. The van der Waals surface area contributed by atoms with Crippen LogP contribution in [0.2, 0.25) is 0 Å². The lowest BCUT2D eigenvalue weighted by Gasteiger charge is -2.07. The van der Waals surface area contributed by atoms with E-state index in [0.717, 1.165) is 5.56 Å². The van der Waals surface area contributed by atoms with Crippen LogP contribution in [0.25, 0.3) is 17.0 Å². The molecular formula is C33H26O6. The van der Waals surface area contributed by atoms with E-state index in [4.69, 9.17) is 18.6 Å². The van der Waals surface area contributed by atoms with E-state index in [1.807, 2.05) is 42.5 Å². The standard InChI is InChI=1S/C33H26O6/c1-22-32(29-20-27(16-18-31(29)38-22)37-21-24-7-4-3-5-8-24)33(35)39-28-10-6-9-23(19-28)11-17-30(34)25-12-14-26(36-2)15-13-25/h3-20H,21H2,1-2H3. The van der Waals surface area contributed by atoms with E-state index in [2.05, 4.69) is 0 Å². The summed E-state index contributed by atoms with van der Waals surface area (Å²) in [5.41, 5.74) is 3.21. The van der Waals surface area contributed by atoms with E-state index in [1.165, 1.54) is 6.08 Å². The Morgan fingerprint density at radius 2 is 1.59 bits per heavy atom. The maximum absolute atomic E-state index is 13.2. The van der Waals surface area contributed by atoms with Gasteiger partial charge in [-0.05, 0) is 78.7 Å². The number of rotatable bonds is 9. The highest BCUT2D eigenvalue weighted by Crippen LogP contribution is 2.30. The van der Waals surface area contributed by atoms with Gasteiger partial charge in [-0.2, -0.15) is 0 Å². The molecule has 194 valence electrons. The van der Waals surface area contributed by atoms with Gasteiger partial charge >= 0.3 is 5.97 Å². The lowest BCUT2D eigenvalue weighted by Crippen LogP contribution is -2.09. The van der Waals surface area contributed by atoms with E-state index in [-0.39, 0.29) is 5.78 Å². The maximum Gasteiger partial charge on any atom is 0.347 e. The van der Waals surface area contributed by atoms with Gasteiger partial charge in [0, 0.05) is 10.9 Å². The molecule has 0 bridgehead atoms. The van der Waals surface area contributed by atoms with Crippen LogP contribution in [0.3, 0.4) is 0 Å². The van der Waals surface area contributed by atoms with Crippen molar-refractivity contribution >= 4 is 28.8 Å². The molecule has 6 nitrogen and oxygen atoms in total. The van der Waals surface area contributed by atoms with Crippen LogP contribution >= 0.6 is 0 Å². The van der Waals surface area contributed by atoms with Gasteiger partial charge in [-0.1, -0.05) is 48.5 Å². The number of allylic oxidation sites excluding steroid dienone is 1. The molecular weight excluding hydrogens is 492 g/mol. The van der Waals surface area contributed by atoms with E-state index < -0.39 is 5.97 Å². The molecule has 0 radical (unpaired) electrons. The first kappa shape index (κ1) is 25.5. The number of aryl methyl sites for hydroxylation is 1. The van der Waals surface area contributed by atoms with Gasteiger partial charge in [0.25, 0.3) is 0 Å². The quantitative estimate of drug-likeness (QED) is 0.0873. The Morgan fingerprint density at radius 3 is 2.36 bits per heavy atom. The topological polar surface area (TPSA) is 75.0 Å². The minimum absolute atomic E-state index is 0.147. The van der Waals surface area contributed by atoms with Crippen molar-refractivity contribution in [1.29, 1.82) is 0 Å². The summed E-state index contributed by atoms with van der Waals surface area (Å²) in [5.74, 6) is 1.42. The number of hydrogen-bond acceptors (Lipinski definition) is 6. The molecule has 0 aliphatic heterocycles. The zero-order valence-corrected chi connectivity index (χ0v) is 21.5. The maximum atomic E-state index is 13.2. The molecule has 5 rings (SSSR count). The van der Waals surface area contributed by atoms with Gasteiger partial charge in [0.05, 0.1) is 7.11 Å². The molecule has 0 spiro atoms. The van der Waals surface area contributed by atoms with Crippen molar-refractivity contribution in [2.45, 2.75) is 13.5 Å². The fourth-order valence-corrected chi connectivity index (χ4v) is 4.15. The number of fused-ring (bicyclic) bond motifs is 1. The monoisotopic (exact) mass is 518 g/mol. The van der Waals surface area contributed by atoms with Crippen LogP contribution in [-0.2, 0) is 6.61 Å². The Kier molecular flexibility index (Phi) is 7.55. The average molecular weight is 519 g/mol. The first-order valence-corrected chi connectivity index (χ1v) is 12.4. The third kappa shape index (κ3) is 6.08. The van der Waals surface area contributed by atoms with Gasteiger partial charge < -0.3 is 18.6 Å². The van der Waals surface area contributed by atoms with Crippen molar-refractivity contribution < 1.29 is 28.2 Å². The number of methoxy groups -OCH3 is 1. The van der Waals surface area contributed by atoms with Crippen LogP contribution < -0.4 is 14.2 Å². The number of carbonyl (C=O) groups excluding carboxylic acids is 2. The van der Waals surface area contributed by atoms with E-state index in [9.17, 15) is 9.59 Å². The SMILES string of the molecule is COc1ccc(C(=O)C=Cc2cccc(OC(=O)c3c(C)oc4ccc(OCc5ccccc5)cc34)c2)cc1. The van der Waals surface area contributed by atoms with Crippen molar-refractivity contribution in [2.75, 3.05) is 7.11 Å². The zero-order valence-electron chi connectivity index (χ0n) is 21.5. The smallest absolute Gasteiger partial charge is 0.347 e. The van der Waals surface area contributed by atoms with Crippen molar-refractivity contribution in [3.63, 3.8) is 0 Å². The molecule has 0 amide bonds. The van der Waals surface area contributed by atoms with Gasteiger partial charge in [0.15, 0.2) is 5.78 Å². The third-order valence-corrected chi connectivity index (χ3v) is 6.16. The summed E-state index contributed by atoms with van der Waals surface area (Å²) in [6, 6.07) is 29.1. The number of ketones is 1. The number of furan rings is 1. The first-order valence-electron chi connectivity index (χ1n) is 12.4. The van der Waals surface area contributed by atoms with Gasteiger partial charge in [-0.25, -0.2) is 4.79 Å². The molecule has 0 unspecified atom stereocenters. The van der Waals surface area contributed by atoms with Gasteiger partial charge in [0.2, 0.25) is 0 Å². The predicted octanol–water partition coefficient (Wildman–Crippen LogP) is 7.44. The van der Waals surface area contributed by atoms with E-state index in [1.54, 1.807) is 74.7 Å². The lowest BCUT2D eigenvalue weighted by molar-refractivity contribution is 0.0734. The molecule has 0 N–H and O–H groups in total. The summed E-state index contributed by atoms with van der Waals surface area (Å²) in [6.45, 7) is 2.13. The molecule has 0 aliphatic carbocycles. The van der Waals surface area contributed by atoms with E-state index in [0.29, 0.717) is 57.3 Å². The van der Waals surface area contributed by atoms with Crippen LogP contribution in [0.15, 0.2) is 108 Å². The molecule has 0 saturated carbocycles. The Morgan fingerprint density at radius 1 is 0.821 bits per heavy atom. The van der Waals surface area contributed by atoms with Crippen molar-refractivity contribution in [2.24, 2.45) is 0 Å². The predicted molar refractivity (Wildman–Crippen MR) is 149 cm³/mol. The summed E-state index contributed by atoms with van der Waals surface area (Å²) >= 11 is 0. The molecule has 0 fully saturated rings. The van der Waals surface area contributed by atoms with Gasteiger partial charge in [0.1, 0.15) is 40.8 Å². The Balaban J connectivity index is 1.30. The molecule has 1 aromatic heterocycles. The highest BCUT2D eigenvalue weighted by Gasteiger charge is 2.21. The molecule has 0 atom stereocenters. The van der Waals surface area contributed by atoms with Crippen molar-refractivity contribution in [1.82, 2.24) is 0 Å². The number of hydrogen-bond donors (Lipinski definition) is 0. The number of esters is 1. The van der Waals surface area contributed by atoms with Crippen molar-refractivity contribution in [3.8, 4) is 17.2 Å². The summed E-state index contributed by atoms with van der Waals surface area (Å²) in [5, 5.41) is 0.615. The minimum Gasteiger partial charge on any atom is -0.497 e. The average Bonchev–Trinajstić information content (AvgIpc) is 3.30.